The number of ether oxygens (including phenoxy) is 1. The Balaban J connectivity index is 0.00000182. The summed E-state index contributed by atoms with van der Waals surface area (Å²) in [5.41, 5.74) is 6.93. The Morgan fingerprint density at radius 2 is 1.93 bits per heavy atom. The summed E-state index contributed by atoms with van der Waals surface area (Å²) in [5, 5.41) is 0. The van der Waals surface area contributed by atoms with Gasteiger partial charge in [-0.2, -0.15) is 0 Å². The summed E-state index contributed by atoms with van der Waals surface area (Å²) in [6.07, 6.45) is 3.84. The first kappa shape index (κ1) is 24.0. The normalized spacial score (nSPS) is 22.7. The van der Waals surface area contributed by atoms with Gasteiger partial charge in [-0.3, -0.25) is 9.69 Å². The molecule has 0 bridgehead atoms. The fourth-order valence-corrected chi connectivity index (χ4v) is 3.94. The molecule has 1 heterocycles. The molecule has 8 heteroatoms. The standard InChI is InChI=1S/C19H28FN3O2.2ClH/c1-25-18-6-5-16(20)11-15(18)13-22-7-9-23(10-8-22)19(24)12-14-3-2-4-17(14)21;;/h5-6,11,14,17H,2-4,7-10,12-13,21H2,1H3;2*1H/t14-,17+;;/m0../s1. The number of rotatable bonds is 5. The van der Waals surface area contributed by atoms with Gasteiger partial charge in [0.1, 0.15) is 11.6 Å². The summed E-state index contributed by atoms with van der Waals surface area (Å²) < 4.78 is 18.8. The van der Waals surface area contributed by atoms with E-state index < -0.39 is 0 Å². The minimum absolute atomic E-state index is 0. The molecule has 1 aromatic carbocycles. The van der Waals surface area contributed by atoms with E-state index in [0.29, 0.717) is 24.6 Å². The summed E-state index contributed by atoms with van der Waals surface area (Å²) in [4.78, 5) is 16.7. The molecular formula is C19H30Cl2FN3O2. The van der Waals surface area contributed by atoms with Crippen LogP contribution >= 0.6 is 24.8 Å². The van der Waals surface area contributed by atoms with Crippen LogP contribution in [0.3, 0.4) is 0 Å². The predicted molar refractivity (Wildman–Crippen MR) is 109 cm³/mol. The summed E-state index contributed by atoms with van der Waals surface area (Å²) in [6, 6.07) is 4.78. The smallest absolute Gasteiger partial charge is 0.222 e. The van der Waals surface area contributed by atoms with Crippen LogP contribution in [0.1, 0.15) is 31.2 Å². The minimum Gasteiger partial charge on any atom is -0.496 e. The van der Waals surface area contributed by atoms with Crippen molar-refractivity contribution in [1.29, 1.82) is 0 Å². The minimum atomic E-state index is -0.252. The second kappa shape index (κ2) is 11.1. The third-order valence-electron chi connectivity index (χ3n) is 5.52. The Morgan fingerprint density at radius 3 is 2.52 bits per heavy atom. The monoisotopic (exact) mass is 421 g/mol. The van der Waals surface area contributed by atoms with Gasteiger partial charge in [0.25, 0.3) is 0 Å². The van der Waals surface area contributed by atoms with E-state index in [1.165, 1.54) is 12.1 Å². The van der Waals surface area contributed by atoms with Gasteiger partial charge in [0.05, 0.1) is 7.11 Å². The zero-order valence-electron chi connectivity index (χ0n) is 15.7. The fourth-order valence-electron chi connectivity index (χ4n) is 3.94. The molecular weight excluding hydrogens is 392 g/mol. The van der Waals surface area contributed by atoms with Crippen molar-refractivity contribution < 1.29 is 13.9 Å². The number of carbonyl (C=O) groups excluding carboxylic acids is 1. The first-order valence-electron chi connectivity index (χ1n) is 9.15. The molecule has 0 unspecified atom stereocenters. The zero-order valence-corrected chi connectivity index (χ0v) is 17.4. The first-order chi connectivity index (χ1) is 12.1. The molecule has 1 amide bonds. The van der Waals surface area contributed by atoms with Gasteiger partial charge in [0.2, 0.25) is 5.91 Å². The van der Waals surface area contributed by atoms with Crippen LogP contribution in [0.15, 0.2) is 18.2 Å². The molecule has 1 saturated carbocycles. The van der Waals surface area contributed by atoms with Gasteiger partial charge in [-0.1, -0.05) is 6.42 Å². The third-order valence-corrected chi connectivity index (χ3v) is 5.52. The molecule has 2 fully saturated rings. The van der Waals surface area contributed by atoms with E-state index in [1.807, 2.05) is 4.90 Å². The molecule has 2 aliphatic rings. The van der Waals surface area contributed by atoms with Crippen molar-refractivity contribution in [2.45, 2.75) is 38.3 Å². The van der Waals surface area contributed by atoms with E-state index in [4.69, 9.17) is 10.5 Å². The Kier molecular flexibility index (Phi) is 9.81. The quantitative estimate of drug-likeness (QED) is 0.793. The van der Waals surface area contributed by atoms with Crippen LogP contribution in [0.5, 0.6) is 5.75 Å². The highest BCUT2D eigenvalue weighted by Gasteiger charge is 2.29. The van der Waals surface area contributed by atoms with Crippen molar-refractivity contribution in [3.8, 4) is 5.75 Å². The average Bonchev–Trinajstić information content (AvgIpc) is 3.00. The lowest BCUT2D eigenvalue weighted by Gasteiger charge is -2.35. The SMILES string of the molecule is COc1ccc(F)cc1CN1CCN(C(=O)C[C@@H]2CCC[C@H]2N)CC1.Cl.Cl. The van der Waals surface area contributed by atoms with Crippen molar-refractivity contribution in [3.05, 3.63) is 29.6 Å². The number of carbonyl (C=O) groups is 1. The van der Waals surface area contributed by atoms with Gasteiger partial charge in [0.15, 0.2) is 0 Å². The van der Waals surface area contributed by atoms with Crippen molar-refractivity contribution in [2.24, 2.45) is 11.7 Å². The molecule has 1 saturated heterocycles. The Labute approximate surface area is 173 Å². The van der Waals surface area contributed by atoms with E-state index >= 15 is 0 Å². The molecule has 2 N–H and O–H groups in total. The van der Waals surface area contributed by atoms with Crippen LogP contribution in [0, 0.1) is 11.7 Å². The molecule has 5 nitrogen and oxygen atoms in total. The molecule has 0 spiro atoms. The van der Waals surface area contributed by atoms with E-state index in [1.54, 1.807) is 13.2 Å². The number of benzene rings is 1. The van der Waals surface area contributed by atoms with Gasteiger partial charge >= 0.3 is 0 Å². The van der Waals surface area contributed by atoms with Crippen molar-refractivity contribution >= 4 is 30.7 Å². The first-order valence-corrected chi connectivity index (χ1v) is 9.15. The molecule has 3 rings (SSSR count). The Hall–Kier alpha value is -1.08. The topological polar surface area (TPSA) is 58.8 Å². The number of halogens is 3. The number of amides is 1. The van der Waals surface area contributed by atoms with E-state index in [2.05, 4.69) is 4.90 Å². The van der Waals surface area contributed by atoms with Crippen molar-refractivity contribution in [3.63, 3.8) is 0 Å². The van der Waals surface area contributed by atoms with Crippen LogP contribution in [-0.2, 0) is 11.3 Å². The number of methoxy groups -OCH3 is 1. The van der Waals surface area contributed by atoms with E-state index in [0.717, 1.165) is 51.0 Å². The maximum absolute atomic E-state index is 13.5. The van der Waals surface area contributed by atoms with E-state index in [9.17, 15) is 9.18 Å². The molecule has 1 aliphatic carbocycles. The number of hydrogen-bond donors (Lipinski definition) is 1. The lowest BCUT2D eigenvalue weighted by molar-refractivity contribution is -0.134. The number of nitrogens with two attached hydrogens (primary N) is 1. The van der Waals surface area contributed by atoms with Gasteiger partial charge in [-0.25, -0.2) is 4.39 Å². The largest absolute Gasteiger partial charge is 0.496 e. The summed E-state index contributed by atoms with van der Waals surface area (Å²) in [5.74, 6) is 1.03. The number of piperazine rings is 1. The molecule has 0 radical (unpaired) electrons. The molecule has 27 heavy (non-hydrogen) atoms. The maximum atomic E-state index is 13.5. The Bertz CT molecular complexity index is 613. The lowest BCUT2D eigenvalue weighted by atomic mass is 9.99. The number of nitrogens with zero attached hydrogens (tertiary/aromatic N) is 2. The lowest BCUT2D eigenvalue weighted by Crippen LogP contribution is -2.49. The van der Waals surface area contributed by atoms with Crippen LogP contribution < -0.4 is 10.5 Å². The molecule has 154 valence electrons. The highest BCUT2D eigenvalue weighted by molar-refractivity contribution is 5.85. The number of hydrogen-bond acceptors (Lipinski definition) is 4. The molecule has 1 aliphatic heterocycles. The average molecular weight is 422 g/mol. The highest BCUT2D eigenvalue weighted by Crippen LogP contribution is 2.28. The Morgan fingerprint density at radius 1 is 1.22 bits per heavy atom. The summed E-state index contributed by atoms with van der Waals surface area (Å²) >= 11 is 0. The van der Waals surface area contributed by atoms with Crippen molar-refractivity contribution in [1.82, 2.24) is 9.80 Å². The van der Waals surface area contributed by atoms with Crippen LogP contribution in [-0.4, -0.2) is 55.0 Å². The van der Waals surface area contributed by atoms with Crippen LogP contribution in [0.2, 0.25) is 0 Å². The van der Waals surface area contributed by atoms with Crippen molar-refractivity contribution in [2.75, 3.05) is 33.3 Å². The van der Waals surface area contributed by atoms with E-state index in [-0.39, 0.29) is 42.6 Å². The summed E-state index contributed by atoms with van der Waals surface area (Å²) in [7, 11) is 1.60. The van der Waals surface area contributed by atoms with Crippen LogP contribution in [0.25, 0.3) is 0 Å². The molecule has 1 aromatic rings. The molecule has 2 atom stereocenters. The molecule has 0 aromatic heterocycles. The van der Waals surface area contributed by atoms with Crippen LogP contribution in [0.4, 0.5) is 4.39 Å². The highest BCUT2D eigenvalue weighted by atomic mass is 35.5. The zero-order chi connectivity index (χ0) is 17.8. The van der Waals surface area contributed by atoms with Gasteiger partial charge in [-0.15, -0.1) is 24.8 Å². The van der Waals surface area contributed by atoms with Gasteiger partial charge < -0.3 is 15.4 Å². The fraction of sp³-hybridized carbons (Fsp3) is 0.632. The predicted octanol–water partition coefficient (Wildman–Crippen LogP) is 2.84. The van der Waals surface area contributed by atoms with Gasteiger partial charge in [-0.05, 0) is 37.0 Å². The maximum Gasteiger partial charge on any atom is 0.222 e. The summed E-state index contributed by atoms with van der Waals surface area (Å²) in [6.45, 7) is 3.66. The second-order valence-electron chi connectivity index (χ2n) is 7.17. The van der Waals surface area contributed by atoms with Gasteiger partial charge in [0, 0.05) is 50.7 Å². The second-order valence-corrected chi connectivity index (χ2v) is 7.17. The third kappa shape index (κ3) is 6.21.